The van der Waals surface area contributed by atoms with Gasteiger partial charge in [-0.05, 0) is 13.0 Å². The lowest BCUT2D eigenvalue weighted by atomic mass is 10.3. The summed E-state index contributed by atoms with van der Waals surface area (Å²) in [6, 6.07) is 0. The zero-order valence-electron chi connectivity index (χ0n) is 8.61. The van der Waals surface area contributed by atoms with E-state index >= 15 is 0 Å². The lowest BCUT2D eigenvalue weighted by Gasteiger charge is -2.07. The highest BCUT2D eigenvalue weighted by atomic mass is 19.4. The van der Waals surface area contributed by atoms with Crippen molar-refractivity contribution < 1.29 is 17.9 Å². The molecule has 0 rings (SSSR count). The summed E-state index contributed by atoms with van der Waals surface area (Å²) in [5.74, 6) is -0.453. The molecular formula is C10H15F3O. The van der Waals surface area contributed by atoms with Crippen LogP contribution in [-0.4, -0.2) is 6.36 Å². The van der Waals surface area contributed by atoms with Gasteiger partial charge in [-0.25, -0.2) is 0 Å². The summed E-state index contributed by atoms with van der Waals surface area (Å²) < 4.78 is 37.9. The molecule has 0 aromatic carbocycles. The van der Waals surface area contributed by atoms with Crippen LogP contribution in [0.25, 0.3) is 0 Å². The van der Waals surface area contributed by atoms with Crippen molar-refractivity contribution in [3.63, 3.8) is 0 Å². The Balaban J connectivity index is 0. The van der Waals surface area contributed by atoms with Gasteiger partial charge in [-0.3, -0.25) is 0 Å². The van der Waals surface area contributed by atoms with Gasteiger partial charge in [0.15, 0.2) is 0 Å². The van der Waals surface area contributed by atoms with E-state index < -0.39 is 12.1 Å². The quantitative estimate of drug-likeness (QED) is 0.499. The molecule has 0 aromatic rings. The van der Waals surface area contributed by atoms with Gasteiger partial charge >= 0.3 is 6.36 Å². The Bertz CT molecular complexity index is 214. The monoisotopic (exact) mass is 208 g/mol. The fraction of sp³-hybridized carbons (Fsp3) is 0.400. The van der Waals surface area contributed by atoms with E-state index in [0.717, 1.165) is 6.08 Å². The molecule has 1 nitrogen and oxygen atoms in total. The summed E-state index contributed by atoms with van der Waals surface area (Å²) in [6.45, 7) is 12.2. The Labute approximate surface area is 82.6 Å². The van der Waals surface area contributed by atoms with Crippen LogP contribution >= 0.6 is 0 Å². The lowest BCUT2D eigenvalue weighted by molar-refractivity contribution is -0.303. The summed E-state index contributed by atoms with van der Waals surface area (Å²) in [6.07, 6.45) is -2.18. The van der Waals surface area contributed by atoms with Crippen molar-refractivity contribution in [2.24, 2.45) is 0 Å². The summed E-state index contributed by atoms with van der Waals surface area (Å²) in [7, 11) is 0. The second kappa shape index (κ2) is 7.24. The standard InChI is InChI=1S/C8H9F3O.C2H6/c1-6(2)4-5-7(3)12-8(9,10)11;1-2/h4-5H,1,3H2,2H3;1-2H3/b5-4-;. The molecule has 0 bridgehead atoms. The van der Waals surface area contributed by atoms with Gasteiger partial charge in [0.05, 0.1) is 0 Å². The molecule has 0 amide bonds. The van der Waals surface area contributed by atoms with Crippen molar-refractivity contribution >= 4 is 0 Å². The molecule has 0 aliphatic heterocycles. The number of alkyl halides is 3. The van der Waals surface area contributed by atoms with E-state index in [1.165, 1.54) is 6.08 Å². The first-order valence-electron chi connectivity index (χ1n) is 4.09. The Hall–Kier alpha value is -1.19. The van der Waals surface area contributed by atoms with Gasteiger partial charge in [0.1, 0.15) is 5.76 Å². The zero-order valence-corrected chi connectivity index (χ0v) is 8.61. The van der Waals surface area contributed by atoms with Crippen LogP contribution in [0.4, 0.5) is 13.2 Å². The van der Waals surface area contributed by atoms with E-state index in [2.05, 4.69) is 17.9 Å². The van der Waals surface area contributed by atoms with Crippen molar-refractivity contribution in [1.82, 2.24) is 0 Å². The van der Waals surface area contributed by atoms with E-state index in [0.29, 0.717) is 5.57 Å². The average molecular weight is 208 g/mol. The van der Waals surface area contributed by atoms with Crippen LogP contribution in [0.15, 0.2) is 36.6 Å². The van der Waals surface area contributed by atoms with Gasteiger partial charge in [-0.1, -0.05) is 38.7 Å². The SMILES string of the molecule is C=C(C)/C=C\C(=C)OC(F)(F)F.CC. The number of halogens is 3. The van der Waals surface area contributed by atoms with E-state index in [-0.39, 0.29) is 0 Å². The second-order valence-electron chi connectivity index (χ2n) is 2.19. The fourth-order valence-corrected chi connectivity index (χ4v) is 0.418. The molecule has 0 aliphatic carbocycles. The maximum absolute atomic E-state index is 11.5. The molecule has 0 aliphatic rings. The topological polar surface area (TPSA) is 9.23 Å². The van der Waals surface area contributed by atoms with Crippen LogP contribution in [0.3, 0.4) is 0 Å². The van der Waals surface area contributed by atoms with E-state index in [1.54, 1.807) is 6.92 Å². The minimum Gasteiger partial charge on any atom is -0.406 e. The first-order valence-corrected chi connectivity index (χ1v) is 4.09. The van der Waals surface area contributed by atoms with Crippen LogP contribution in [0, 0.1) is 0 Å². The summed E-state index contributed by atoms with van der Waals surface area (Å²) in [5.41, 5.74) is 0.627. The molecule has 0 N–H and O–H groups in total. The molecular weight excluding hydrogens is 193 g/mol. The highest BCUT2D eigenvalue weighted by Gasteiger charge is 2.30. The molecule has 4 heteroatoms. The maximum atomic E-state index is 11.5. The van der Waals surface area contributed by atoms with Crippen molar-refractivity contribution in [3.8, 4) is 0 Å². The van der Waals surface area contributed by atoms with Crippen LogP contribution in [0.2, 0.25) is 0 Å². The normalized spacial score (nSPS) is 10.4. The predicted octanol–water partition coefficient (Wildman–Crippen LogP) is 4.20. The van der Waals surface area contributed by atoms with Crippen molar-refractivity contribution in [1.29, 1.82) is 0 Å². The van der Waals surface area contributed by atoms with Gasteiger partial charge in [0.25, 0.3) is 0 Å². The average Bonchev–Trinajstić information content (AvgIpc) is 2.02. The van der Waals surface area contributed by atoms with Gasteiger partial charge < -0.3 is 4.74 Å². The van der Waals surface area contributed by atoms with E-state index in [4.69, 9.17) is 0 Å². The van der Waals surface area contributed by atoms with E-state index in [9.17, 15) is 13.2 Å². The third kappa shape index (κ3) is 13.4. The maximum Gasteiger partial charge on any atom is 0.573 e. The van der Waals surface area contributed by atoms with Gasteiger partial charge in [-0.15, -0.1) is 13.2 Å². The van der Waals surface area contributed by atoms with Crippen molar-refractivity contribution in [2.75, 3.05) is 0 Å². The first kappa shape index (κ1) is 15.3. The minimum absolute atomic E-state index is 0.453. The molecule has 14 heavy (non-hydrogen) atoms. The summed E-state index contributed by atoms with van der Waals surface area (Å²) in [4.78, 5) is 0. The molecule has 0 saturated heterocycles. The molecule has 0 heterocycles. The van der Waals surface area contributed by atoms with Crippen molar-refractivity contribution in [3.05, 3.63) is 36.6 Å². The Morgan fingerprint density at radius 1 is 1.14 bits per heavy atom. The summed E-state index contributed by atoms with van der Waals surface area (Å²) >= 11 is 0. The smallest absolute Gasteiger partial charge is 0.406 e. The number of ether oxygens (including phenoxy) is 1. The fourth-order valence-electron chi connectivity index (χ4n) is 0.418. The van der Waals surface area contributed by atoms with Crippen molar-refractivity contribution in [2.45, 2.75) is 27.1 Å². The number of hydrogen-bond donors (Lipinski definition) is 0. The largest absolute Gasteiger partial charge is 0.573 e. The minimum atomic E-state index is -4.67. The lowest BCUT2D eigenvalue weighted by Crippen LogP contribution is -2.11. The molecule has 0 radical (unpaired) electrons. The Morgan fingerprint density at radius 2 is 1.57 bits per heavy atom. The Morgan fingerprint density at radius 3 is 1.86 bits per heavy atom. The molecule has 0 saturated carbocycles. The van der Waals surface area contributed by atoms with Crippen LogP contribution in [0.1, 0.15) is 20.8 Å². The molecule has 0 fully saturated rings. The molecule has 82 valence electrons. The third-order valence-corrected chi connectivity index (χ3v) is 0.801. The van der Waals surface area contributed by atoms with Crippen LogP contribution < -0.4 is 0 Å². The number of allylic oxidation sites excluding steroid dienone is 3. The first-order chi connectivity index (χ1) is 6.31. The number of rotatable bonds is 3. The van der Waals surface area contributed by atoms with Gasteiger partial charge in [0, 0.05) is 0 Å². The highest BCUT2D eigenvalue weighted by Crippen LogP contribution is 2.20. The molecule has 0 unspecified atom stereocenters. The highest BCUT2D eigenvalue weighted by molar-refractivity contribution is 5.19. The molecule has 0 spiro atoms. The van der Waals surface area contributed by atoms with Gasteiger partial charge in [-0.2, -0.15) is 0 Å². The van der Waals surface area contributed by atoms with E-state index in [1.807, 2.05) is 13.8 Å². The Kier molecular flexibility index (Phi) is 7.90. The second-order valence-corrected chi connectivity index (χ2v) is 2.19. The third-order valence-electron chi connectivity index (χ3n) is 0.801. The zero-order chi connectivity index (χ0) is 11.8. The van der Waals surface area contributed by atoms with Crippen LogP contribution in [0.5, 0.6) is 0 Å². The molecule has 0 atom stereocenters. The van der Waals surface area contributed by atoms with Gasteiger partial charge in [0.2, 0.25) is 0 Å². The van der Waals surface area contributed by atoms with Crippen LogP contribution in [-0.2, 0) is 4.74 Å². The predicted molar refractivity (Wildman–Crippen MR) is 51.6 cm³/mol. The molecule has 0 aromatic heterocycles. The summed E-state index contributed by atoms with van der Waals surface area (Å²) in [5, 5.41) is 0. The number of hydrogen-bond acceptors (Lipinski definition) is 1.